The van der Waals surface area contributed by atoms with E-state index in [-0.39, 0.29) is 18.4 Å². The van der Waals surface area contributed by atoms with Gasteiger partial charge >= 0.3 is 5.97 Å². The molecule has 2 rings (SSSR count). The van der Waals surface area contributed by atoms with E-state index in [2.05, 4.69) is 0 Å². The molecule has 2 atom stereocenters. The largest absolute Gasteiger partial charge is 0.482 e. The molecule has 1 heterocycles. The first-order chi connectivity index (χ1) is 10.3. The van der Waals surface area contributed by atoms with Gasteiger partial charge < -0.3 is 19.7 Å². The molecule has 0 aromatic heterocycles. The first-order valence-corrected chi connectivity index (χ1v) is 7.32. The lowest BCUT2D eigenvalue weighted by Crippen LogP contribution is -2.20. The zero-order valence-corrected chi connectivity index (χ0v) is 13.3. The number of aliphatic hydroxyl groups excluding tert-OH is 1. The van der Waals surface area contributed by atoms with Crippen LogP contribution in [0, 0.1) is 25.7 Å². The Bertz CT molecular complexity index is 580. The number of aliphatic carboxylic acids is 1. The van der Waals surface area contributed by atoms with Crippen LogP contribution in [0.2, 0.25) is 0 Å². The smallest absolute Gasteiger partial charge is 0.341 e. The van der Waals surface area contributed by atoms with Crippen LogP contribution in [0.25, 0.3) is 5.76 Å². The number of carboxylic acid groups (broad SMARTS) is 1. The Kier molecular flexibility index (Phi) is 4.76. The fourth-order valence-corrected chi connectivity index (χ4v) is 2.71. The minimum absolute atomic E-state index is 0.0308. The van der Waals surface area contributed by atoms with Gasteiger partial charge in [0.05, 0.1) is 0 Å². The quantitative estimate of drug-likeness (QED) is 0.875. The first kappa shape index (κ1) is 16.4. The summed E-state index contributed by atoms with van der Waals surface area (Å²) in [5.74, 6) is 0.429. The predicted molar refractivity (Wildman–Crippen MR) is 82.4 cm³/mol. The van der Waals surface area contributed by atoms with E-state index < -0.39 is 12.3 Å². The van der Waals surface area contributed by atoms with Crippen molar-refractivity contribution in [1.82, 2.24) is 0 Å². The highest BCUT2D eigenvalue weighted by Gasteiger charge is 2.31. The van der Waals surface area contributed by atoms with Gasteiger partial charge in [0.2, 0.25) is 6.29 Å². The SMILES string of the molecule is Cc1cc(OCC(=O)O)cc(C)c1C1=CC(C(C)C)C(O)O1. The number of aliphatic hydroxyl groups is 1. The van der Waals surface area contributed by atoms with Crippen LogP contribution < -0.4 is 4.74 Å². The van der Waals surface area contributed by atoms with Gasteiger partial charge in [0, 0.05) is 11.5 Å². The molecular weight excluding hydrogens is 284 g/mol. The van der Waals surface area contributed by atoms with E-state index in [4.69, 9.17) is 14.6 Å². The van der Waals surface area contributed by atoms with E-state index in [1.54, 1.807) is 12.1 Å². The lowest BCUT2D eigenvalue weighted by Gasteiger charge is -2.17. The van der Waals surface area contributed by atoms with E-state index in [1.165, 1.54) is 0 Å². The van der Waals surface area contributed by atoms with Crippen LogP contribution >= 0.6 is 0 Å². The van der Waals surface area contributed by atoms with Crippen LogP contribution in [-0.4, -0.2) is 29.1 Å². The second-order valence-electron chi connectivity index (χ2n) is 5.98. The van der Waals surface area contributed by atoms with Gasteiger partial charge in [-0.25, -0.2) is 4.79 Å². The third-order valence-corrected chi connectivity index (χ3v) is 3.81. The van der Waals surface area contributed by atoms with Crippen LogP contribution in [0.15, 0.2) is 18.2 Å². The fraction of sp³-hybridized carbons (Fsp3) is 0.471. The molecule has 0 fully saturated rings. The van der Waals surface area contributed by atoms with E-state index in [0.29, 0.717) is 11.5 Å². The van der Waals surface area contributed by atoms with Gasteiger partial charge in [-0.2, -0.15) is 0 Å². The lowest BCUT2D eigenvalue weighted by molar-refractivity contribution is -0.139. The molecule has 5 heteroatoms. The average molecular weight is 306 g/mol. The highest BCUT2D eigenvalue weighted by atomic mass is 16.6. The summed E-state index contributed by atoms with van der Waals surface area (Å²) in [6.07, 6.45) is 1.14. The summed E-state index contributed by atoms with van der Waals surface area (Å²) in [5, 5.41) is 18.7. The molecule has 1 aliphatic heterocycles. The average Bonchev–Trinajstić information content (AvgIpc) is 2.77. The van der Waals surface area contributed by atoms with Crippen molar-refractivity contribution in [2.45, 2.75) is 34.0 Å². The summed E-state index contributed by atoms with van der Waals surface area (Å²) < 4.78 is 10.8. The summed E-state index contributed by atoms with van der Waals surface area (Å²) in [7, 11) is 0. The first-order valence-electron chi connectivity index (χ1n) is 7.32. The Morgan fingerprint density at radius 1 is 1.32 bits per heavy atom. The number of carbonyl (C=O) groups is 1. The molecule has 2 N–H and O–H groups in total. The zero-order valence-electron chi connectivity index (χ0n) is 13.3. The number of aryl methyl sites for hydroxylation is 2. The predicted octanol–water partition coefficient (Wildman–Crippen LogP) is 2.73. The molecule has 1 aromatic rings. The van der Waals surface area contributed by atoms with Crippen molar-refractivity contribution in [3.8, 4) is 5.75 Å². The second kappa shape index (κ2) is 6.40. The van der Waals surface area contributed by atoms with Crippen molar-refractivity contribution < 1.29 is 24.5 Å². The van der Waals surface area contributed by atoms with Crippen molar-refractivity contribution in [3.05, 3.63) is 34.9 Å². The molecule has 0 amide bonds. The Hall–Kier alpha value is -2.01. The van der Waals surface area contributed by atoms with Crippen molar-refractivity contribution in [2.24, 2.45) is 11.8 Å². The molecule has 22 heavy (non-hydrogen) atoms. The van der Waals surface area contributed by atoms with Crippen molar-refractivity contribution >= 4 is 11.7 Å². The maximum absolute atomic E-state index is 10.6. The molecular formula is C17H22O5. The standard InChI is InChI=1S/C17H22O5/c1-9(2)13-7-14(22-17(13)20)16-10(3)5-12(6-11(16)4)21-8-15(18)19/h5-7,9,13,17,20H,8H2,1-4H3,(H,18,19). The van der Waals surface area contributed by atoms with E-state index in [0.717, 1.165) is 16.7 Å². The Balaban J connectivity index is 2.29. The number of carboxylic acids is 1. The molecule has 0 saturated heterocycles. The third kappa shape index (κ3) is 3.42. The summed E-state index contributed by atoms with van der Waals surface area (Å²) in [4.78, 5) is 10.6. The van der Waals surface area contributed by atoms with Crippen LogP contribution in [-0.2, 0) is 9.53 Å². The summed E-state index contributed by atoms with van der Waals surface area (Å²) in [6, 6.07) is 3.56. The number of hydrogen-bond acceptors (Lipinski definition) is 4. The molecule has 0 spiro atoms. The minimum atomic E-state index is -1.01. The summed E-state index contributed by atoms with van der Waals surface area (Å²) in [6.45, 7) is 7.54. The highest BCUT2D eigenvalue weighted by Crippen LogP contribution is 2.37. The summed E-state index contributed by atoms with van der Waals surface area (Å²) >= 11 is 0. The number of rotatable bonds is 5. The molecule has 1 aromatic carbocycles. The van der Waals surface area contributed by atoms with E-state index in [1.807, 2.05) is 33.8 Å². The Morgan fingerprint density at radius 3 is 2.36 bits per heavy atom. The summed E-state index contributed by atoms with van der Waals surface area (Å²) in [5.41, 5.74) is 2.76. The highest BCUT2D eigenvalue weighted by molar-refractivity contribution is 5.70. The maximum atomic E-state index is 10.6. The van der Waals surface area contributed by atoms with E-state index in [9.17, 15) is 9.90 Å². The number of benzene rings is 1. The molecule has 2 unspecified atom stereocenters. The third-order valence-electron chi connectivity index (χ3n) is 3.81. The molecule has 5 nitrogen and oxygen atoms in total. The Morgan fingerprint density at radius 2 is 1.91 bits per heavy atom. The molecule has 0 radical (unpaired) electrons. The maximum Gasteiger partial charge on any atom is 0.341 e. The van der Waals surface area contributed by atoms with Gasteiger partial charge in [-0.1, -0.05) is 13.8 Å². The molecule has 0 saturated carbocycles. The topological polar surface area (TPSA) is 76.0 Å². The molecule has 0 bridgehead atoms. The Labute approximate surface area is 130 Å². The van der Waals surface area contributed by atoms with Gasteiger partial charge in [0.15, 0.2) is 6.61 Å². The van der Waals surface area contributed by atoms with Crippen molar-refractivity contribution in [1.29, 1.82) is 0 Å². The van der Waals surface area contributed by atoms with Gasteiger partial charge in [-0.05, 0) is 49.1 Å². The van der Waals surface area contributed by atoms with Gasteiger partial charge in [-0.3, -0.25) is 0 Å². The van der Waals surface area contributed by atoms with Crippen LogP contribution in [0.1, 0.15) is 30.5 Å². The molecule has 120 valence electrons. The molecule has 0 aliphatic carbocycles. The number of ether oxygens (including phenoxy) is 2. The van der Waals surface area contributed by atoms with Crippen LogP contribution in [0.3, 0.4) is 0 Å². The number of hydrogen-bond donors (Lipinski definition) is 2. The van der Waals surface area contributed by atoms with Gasteiger partial charge in [0.25, 0.3) is 0 Å². The van der Waals surface area contributed by atoms with Crippen LogP contribution in [0.5, 0.6) is 5.75 Å². The zero-order chi connectivity index (χ0) is 16.4. The van der Waals surface area contributed by atoms with E-state index >= 15 is 0 Å². The van der Waals surface area contributed by atoms with Gasteiger partial charge in [-0.15, -0.1) is 0 Å². The molecule has 1 aliphatic rings. The van der Waals surface area contributed by atoms with Crippen LogP contribution in [0.4, 0.5) is 0 Å². The van der Waals surface area contributed by atoms with Gasteiger partial charge in [0.1, 0.15) is 11.5 Å². The minimum Gasteiger partial charge on any atom is -0.482 e. The second-order valence-corrected chi connectivity index (χ2v) is 5.98. The van der Waals surface area contributed by atoms with Crippen molar-refractivity contribution in [2.75, 3.05) is 6.61 Å². The lowest BCUT2D eigenvalue weighted by atomic mass is 9.94. The van der Waals surface area contributed by atoms with Crippen molar-refractivity contribution in [3.63, 3.8) is 0 Å². The fourth-order valence-electron chi connectivity index (χ4n) is 2.71. The normalized spacial score (nSPS) is 20.7. The monoisotopic (exact) mass is 306 g/mol.